The summed E-state index contributed by atoms with van der Waals surface area (Å²) in [7, 11) is 0. The number of hydrogen-bond acceptors (Lipinski definition) is 3. The van der Waals surface area contributed by atoms with Gasteiger partial charge >= 0.3 is 0 Å². The maximum absolute atomic E-state index is 5.41. The minimum absolute atomic E-state index is 0.519. The predicted octanol–water partition coefficient (Wildman–Crippen LogP) is 1.66. The lowest BCUT2D eigenvalue weighted by Crippen LogP contribution is -2.23. The average Bonchev–Trinajstić information content (AvgIpc) is 3.01. The highest BCUT2D eigenvalue weighted by Crippen LogP contribution is 2.28. The molecule has 0 spiro atoms. The topological polar surface area (TPSA) is 39.1 Å². The molecule has 1 N–H and O–H groups in total. The van der Waals surface area contributed by atoms with Crippen LogP contribution in [0.15, 0.2) is 12.5 Å². The molecule has 0 aliphatic carbocycles. The lowest BCUT2D eigenvalue weighted by Gasteiger charge is -2.26. The minimum atomic E-state index is 0.519. The Labute approximate surface area is 96.0 Å². The van der Waals surface area contributed by atoms with Gasteiger partial charge in [-0.15, -0.1) is 0 Å². The van der Waals surface area contributed by atoms with Gasteiger partial charge in [0.05, 0.1) is 12.0 Å². The Balaban J connectivity index is 1.80. The number of hydrogen-bond donors (Lipinski definition) is 1. The van der Waals surface area contributed by atoms with Gasteiger partial charge in [0.2, 0.25) is 0 Å². The van der Waals surface area contributed by atoms with Crippen molar-refractivity contribution < 1.29 is 4.74 Å². The van der Waals surface area contributed by atoms with Crippen LogP contribution in [0.4, 0.5) is 0 Å². The molecule has 4 heteroatoms. The molecule has 88 valence electrons. The maximum Gasteiger partial charge on any atom is 0.0951 e. The van der Waals surface area contributed by atoms with Crippen LogP contribution in [0.3, 0.4) is 0 Å². The lowest BCUT2D eigenvalue weighted by atomic mass is 10.1. The van der Waals surface area contributed by atoms with Crippen LogP contribution in [-0.4, -0.2) is 29.3 Å². The van der Waals surface area contributed by atoms with Gasteiger partial charge in [0.1, 0.15) is 0 Å². The van der Waals surface area contributed by atoms with Gasteiger partial charge in [-0.05, 0) is 32.2 Å². The van der Waals surface area contributed by atoms with E-state index < -0.39 is 0 Å². The quantitative estimate of drug-likeness (QED) is 0.825. The van der Waals surface area contributed by atoms with Crippen LogP contribution in [0.2, 0.25) is 0 Å². The van der Waals surface area contributed by atoms with Crippen LogP contribution in [0.5, 0.6) is 0 Å². The molecule has 0 aromatic carbocycles. The molecule has 2 saturated heterocycles. The second-order valence-corrected chi connectivity index (χ2v) is 4.72. The molecule has 2 fully saturated rings. The highest BCUT2D eigenvalue weighted by atomic mass is 16.5. The van der Waals surface area contributed by atoms with E-state index in [2.05, 4.69) is 14.9 Å². The highest BCUT2D eigenvalue weighted by Gasteiger charge is 2.24. The first-order valence-electron chi connectivity index (χ1n) is 6.28. The summed E-state index contributed by atoms with van der Waals surface area (Å²) >= 11 is 0. The number of ether oxygens (including phenoxy) is 1. The highest BCUT2D eigenvalue weighted by molar-refractivity contribution is 5.08. The largest absolute Gasteiger partial charge is 0.381 e. The van der Waals surface area contributed by atoms with Gasteiger partial charge in [0.15, 0.2) is 0 Å². The van der Waals surface area contributed by atoms with E-state index in [1.165, 1.54) is 18.5 Å². The molecule has 0 radical (unpaired) electrons. The van der Waals surface area contributed by atoms with Gasteiger partial charge in [0.25, 0.3) is 0 Å². The van der Waals surface area contributed by atoms with E-state index in [1.807, 2.05) is 12.5 Å². The average molecular weight is 221 g/mol. The third kappa shape index (κ3) is 1.87. The molecular formula is C12H19N3O. The van der Waals surface area contributed by atoms with Crippen LogP contribution in [0.25, 0.3) is 0 Å². The second-order valence-electron chi connectivity index (χ2n) is 4.72. The van der Waals surface area contributed by atoms with Crippen molar-refractivity contribution in [3.63, 3.8) is 0 Å². The first-order valence-corrected chi connectivity index (χ1v) is 6.28. The van der Waals surface area contributed by atoms with Gasteiger partial charge in [-0.2, -0.15) is 0 Å². The number of aromatic nitrogens is 2. The zero-order chi connectivity index (χ0) is 10.8. The Bertz CT molecular complexity index is 338. The third-order valence-electron chi connectivity index (χ3n) is 3.70. The molecule has 16 heavy (non-hydrogen) atoms. The molecule has 1 atom stereocenters. The van der Waals surface area contributed by atoms with Crippen molar-refractivity contribution in [1.29, 1.82) is 0 Å². The van der Waals surface area contributed by atoms with E-state index >= 15 is 0 Å². The Morgan fingerprint density at radius 3 is 2.94 bits per heavy atom. The van der Waals surface area contributed by atoms with Crippen LogP contribution in [0, 0.1) is 0 Å². The van der Waals surface area contributed by atoms with Crippen molar-refractivity contribution >= 4 is 0 Å². The van der Waals surface area contributed by atoms with Gasteiger partial charge < -0.3 is 14.6 Å². The zero-order valence-corrected chi connectivity index (χ0v) is 9.56. The van der Waals surface area contributed by atoms with E-state index in [-0.39, 0.29) is 0 Å². The predicted molar refractivity (Wildman–Crippen MR) is 61.3 cm³/mol. The minimum Gasteiger partial charge on any atom is -0.381 e. The summed E-state index contributed by atoms with van der Waals surface area (Å²) in [6.45, 7) is 2.92. The van der Waals surface area contributed by atoms with E-state index in [9.17, 15) is 0 Å². The van der Waals surface area contributed by atoms with Crippen molar-refractivity contribution in [3.8, 4) is 0 Å². The normalized spacial score (nSPS) is 27.4. The fourth-order valence-corrected chi connectivity index (χ4v) is 2.79. The molecular weight excluding hydrogens is 202 g/mol. The molecule has 4 nitrogen and oxygen atoms in total. The van der Waals surface area contributed by atoms with Crippen LogP contribution in [0.1, 0.15) is 43.5 Å². The SMILES string of the molecule is c1ncn(C2CCOCC2)c1[C@@H]1CCCN1. The fourth-order valence-electron chi connectivity index (χ4n) is 2.79. The van der Waals surface area contributed by atoms with Gasteiger partial charge in [-0.25, -0.2) is 4.98 Å². The van der Waals surface area contributed by atoms with E-state index in [0.717, 1.165) is 32.6 Å². The van der Waals surface area contributed by atoms with Crippen LogP contribution >= 0.6 is 0 Å². The summed E-state index contributed by atoms with van der Waals surface area (Å²) in [4.78, 5) is 4.32. The first-order chi connectivity index (χ1) is 7.95. The number of imidazole rings is 1. The maximum atomic E-state index is 5.41. The molecule has 3 heterocycles. The number of rotatable bonds is 2. The van der Waals surface area contributed by atoms with Crippen molar-refractivity contribution in [2.45, 2.75) is 37.8 Å². The standard InChI is InChI=1S/C12H19N3O/c1-2-11(14-5-1)12-8-13-9-15(12)10-3-6-16-7-4-10/h8-11,14H,1-7H2/t11-/m0/s1. The molecule has 1 aromatic rings. The first kappa shape index (κ1) is 10.3. The molecule has 0 saturated carbocycles. The van der Waals surface area contributed by atoms with Crippen LogP contribution < -0.4 is 5.32 Å². The van der Waals surface area contributed by atoms with Crippen molar-refractivity contribution in [2.75, 3.05) is 19.8 Å². The van der Waals surface area contributed by atoms with Gasteiger partial charge in [0, 0.05) is 31.5 Å². The molecule has 0 unspecified atom stereocenters. The number of nitrogens with one attached hydrogen (secondary N) is 1. The Morgan fingerprint density at radius 1 is 1.31 bits per heavy atom. The molecule has 3 rings (SSSR count). The lowest BCUT2D eigenvalue weighted by molar-refractivity contribution is 0.0685. The Morgan fingerprint density at radius 2 is 2.19 bits per heavy atom. The smallest absolute Gasteiger partial charge is 0.0951 e. The van der Waals surface area contributed by atoms with Gasteiger partial charge in [-0.1, -0.05) is 0 Å². The molecule has 0 amide bonds. The summed E-state index contributed by atoms with van der Waals surface area (Å²) in [6.07, 6.45) is 8.79. The van der Waals surface area contributed by atoms with Gasteiger partial charge in [-0.3, -0.25) is 0 Å². The Hall–Kier alpha value is -0.870. The zero-order valence-electron chi connectivity index (χ0n) is 9.56. The molecule has 0 bridgehead atoms. The van der Waals surface area contributed by atoms with E-state index in [0.29, 0.717) is 12.1 Å². The summed E-state index contributed by atoms with van der Waals surface area (Å²) in [5, 5.41) is 3.55. The molecule has 1 aromatic heterocycles. The molecule has 2 aliphatic rings. The van der Waals surface area contributed by atoms with Crippen molar-refractivity contribution in [2.24, 2.45) is 0 Å². The fraction of sp³-hybridized carbons (Fsp3) is 0.750. The van der Waals surface area contributed by atoms with E-state index in [1.54, 1.807) is 0 Å². The van der Waals surface area contributed by atoms with Crippen LogP contribution in [-0.2, 0) is 4.74 Å². The summed E-state index contributed by atoms with van der Waals surface area (Å²) < 4.78 is 7.78. The summed E-state index contributed by atoms with van der Waals surface area (Å²) in [6, 6.07) is 1.11. The summed E-state index contributed by atoms with van der Waals surface area (Å²) in [5.74, 6) is 0. The number of nitrogens with zero attached hydrogens (tertiary/aromatic N) is 2. The molecule has 2 aliphatic heterocycles. The second kappa shape index (κ2) is 4.55. The Kier molecular flexibility index (Phi) is 2.93. The summed E-state index contributed by atoms with van der Waals surface area (Å²) in [5.41, 5.74) is 1.37. The monoisotopic (exact) mass is 221 g/mol. The van der Waals surface area contributed by atoms with Crippen molar-refractivity contribution in [3.05, 3.63) is 18.2 Å². The van der Waals surface area contributed by atoms with Crippen molar-refractivity contribution in [1.82, 2.24) is 14.9 Å². The van der Waals surface area contributed by atoms with E-state index in [4.69, 9.17) is 4.74 Å². The third-order valence-corrected chi connectivity index (χ3v) is 3.70.